The van der Waals surface area contributed by atoms with Crippen molar-refractivity contribution in [3.05, 3.63) is 71.9 Å². The van der Waals surface area contributed by atoms with Crippen LogP contribution in [0.3, 0.4) is 0 Å². The first-order chi connectivity index (χ1) is 13.2. The average Bonchev–Trinajstić information content (AvgIpc) is 2.72. The van der Waals surface area contributed by atoms with E-state index in [0.717, 1.165) is 17.7 Å². The Hall–Kier alpha value is -3.41. The van der Waals surface area contributed by atoms with E-state index < -0.39 is 0 Å². The Kier molecular flexibility index (Phi) is 4.70. The molecule has 0 bridgehead atoms. The molecule has 1 atom stereocenters. The van der Waals surface area contributed by atoms with Crippen molar-refractivity contribution in [2.45, 2.75) is 6.42 Å². The van der Waals surface area contributed by atoms with E-state index in [9.17, 15) is 4.79 Å². The quantitative estimate of drug-likeness (QED) is 0.747. The van der Waals surface area contributed by atoms with Crippen LogP contribution in [0.4, 0.5) is 5.95 Å². The minimum absolute atomic E-state index is 0.141. The largest absolute Gasteiger partial charge is 0.493 e. The molecule has 3 aromatic rings. The Morgan fingerprint density at radius 1 is 1.15 bits per heavy atom. The molecule has 0 unspecified atom stereocenters. The Balaban J connectivity index is 1.48. The molecule has 0 fully saturated rings. The summed E-state index contributed by atoms with van der Waals surface area (Å²) in [6.45, 7) is 1.10. The highest BCUT2D eigenvalue weighted by molar-refractivity contribution is 5.99. The molecule has 1 aliphatic rings. The molecule has 1 amide bonds. The second kappa shape index (κ2) is 7.45. The molecule has 3 N–H and O–H groups in total. The van der Waals surface area contributed by atoms with Crippen LogP contribution in [0.2, 0.25) is 0 Å². The molecule has 2 aromatic carbocycles. The Morgan fingerprint density at radius 3 is 2.78 bits per heavy atom. The lowest BCUT2D eigenvalue weighted by atomic mass is 9.96. The van der Waals surface area contributed by atoms with Crippen molar-refractivity contribution < 1.29 is 9.53 Å². The third-order valence-electron chi connectivity index (χ3n) is 4.61. The minimum Gasteiger partial charge on any atom is -0.493 e. The first-order valence-electron chi connectivity index (χ1n) is 8.87. The van der Waals surface area contributed by atoms with Crippen LogP contribution in [0.5, 0.6) is 5.75 Å². The van der Waals surface area contributed by atoms with Crippen molar-refractivity contribution in [2.24, 2.45) is 5.92 Å². The smallest absolute Gasteiger partial charge is 0.255 e. The van der Waals surface area contributed by atoms with Crippen LogP contribution in [-0.4, -0.2) is 29.0 Å². The Labute approximate surface area is 157 Å². The average molecular weight is 360 g/mol. The number of carbonyl (C=O) groups excluding carboxylic acids is 1. The Bertz CT molecular complexity index is 959. The van der Waals surface area contributed by atoms with E-state index in [1.54, 1.807) is 0 Å². The van der Waals surface area contributed by atoms with Gasteiger partial charge in [0.25, 0.3) is 5.91 Å². The number of nitrogens with two attached hydrogens (primary N) is 1. The Morgan fingerprint density at radius 2 is 1.93 bits per heavy atom. The van der Waals surface area contributed by atoms with Crippen LogP contribution in [0.25, 0.3) is 11.3 Å². The van der Waals surface area contributed by atoms with E-state index in [1.165, 1.54) is 11.8 Å². The molecule has 0 aliphatic carbocycles. The number of benzene rings is 2. The van der Waals surface area contributed by atoms with Crippen molar-refractivity contribution in [1.29, 1.82) is 0 Å². The summed E-state index contributed by atoms with van der Waals surface area (Å²) in [6.07, 6.45) is 2.35. The van der Waals surface area contributed by atoms with Gasteiger partial charge in [-0.3, -0.25) is 4.79 Å². The molecule has 1 aliphatic heterocycles. The molecule has 2 heterocycles. The van der Waals surface area contributed by atoms with E-state index in [-0.39, 0.29) is 17.8 Å². The number of hydrogen-bond acceptors (Lipinski definition) is 5. The zero-order chi connectivity index (χ0) is 18.6. The summed E-state index contributed by atoms with van der Waals surface area (Å²) in [7, 11) is 0. The van der Waals surface area contributed by atoms with Gasteiger partial charge in [0.1, 0.15) is 5.75 Å². The van der Waals surface area contributed by atoms with Gasteiger partial charge in [-0.25, -0.2) is 9.97 Å². The first kappa shape index (κ1) is 17.0. The molecule has 0 radical (unpaired) electrons. The highest BCUT2D eigenvalue weighted by Crippen LogP contribution is 2.26. The van der Waals surface area contributed by atoms with E-state index in [1.807, 2.05) is 48.5 Å². The van der Waals surface area contributed by atoms with Gasteiger partial charge in [0, 0.05) is 24.2 Å². The molecule has 27 heavy (non-hydrogen) atoms. The maximum absolute atomic E-state index is 12.8. The summed E-state index contributed by atoms with van der Waals surface area (Å²) in [5.41, 5.74) is 8.67. The number of nitrogens with one attached hydrogen (secondary N) is 1. The number of aromatic nitrogens is 2. The van der Waals surface area contributed by atoms with Crippen LogP contribution in [0.15, 0.2) is 60.8 Å². The third kappa shape index (κ3) is 3.74. The van der Waals surface area contributed by atoms with Gasteiger partial charge in [-0.2, -0.15) is 0 Å². The number of para-hydroxylation sites is 1. The number of ether oxygens (including phenoxy) is 1. The molecule has 0 spiro atoms. The summed E-state index contributed by atoms with van der Waals surface area (Å²) in [5, 5.41) is 2.99. The van der Waals surface area contributed by atoms with Gasteiger partial charge >= 0.3 is 0 Å². The van der Waals surface area contributed by atoms with E-state index in [4.69, 9.17) is 10.5 Å². The van der Waals surface area contributed by atoms with Gasteiger partial charge in [0.05, 0.1) is 17.9 Å². The van der Waals surface area contributed by atoms with Crippen LogP contribution in [-0.2, 0) is 6.42 Å². The summed E-state index contributed by atoms with van der Waals surface area (Å²) >= 11 is 0. The molecule has 6 heteroatoms. The molecular weight excluding hydrogens is 340 g/mol. The number of nitrogens with zero attached hydrogens (tertiary/aromatic N) is 2. The second-order valence-corrected chi connectivity index (χ2v) is 6.56. The van der Waals surface area contributed by atoms with Gasteiger partial charge in [-0.05, 0) is 18.1 Å². The summed E-state index contributed by atoms with van der Waals surface area (Å²) in [6, 6.07) is 17.5. The van der Waals surface area contributed by atoms with Crippen molar-refractivity contribution in [2.75, 3.05) is 18.9 Å². The predicted molar refractivity (Wildman–Crippen MR) is 103 cm³/mol. The van der Waals surface area contributed by atoms with Gasteiger partial charge in [-0.1, -0.05) is 48.5 Å². The number of nitrogen functional groups attached to an aromatic ring is 1. The van der Waals surface area contributed by atoms with E-state index in [2.05, 4.69) is 21.4 Å². The summed E-state index contributed by atoms with van der Waals surface area (Å²) in [5.74, 6) is 1.08. The van der Waals surface area contributed by atoms with Gasteiger partial charge in [-0.15, -0.1) is 0 Å². The predicted octanol–water partition coefficient (Wildman–Crippen LogP) is 2.71. The third-order valence-corrected chi connectivity index (χ3v) is 4.61. The number of anilines is 1. The van der Waals surface area contributed by atoms with Crippen molar-refractivity contribution >= 4 is 11.9 Å². The van der Waals surface area contributed by atoms with Crippen LogP contribution >= 0.6 is 0 Å². The van der Waals surface area contributed by atoms with Crippen LogP contribution in [0, 0.1) is 5.92 Å². The van der Waals surface area contributed by atoms with E-state index >= 15 is 0 Å². The highest BCUT2D eigenvalue weighted by atomic mass is 16.5. The highest BCUT2D eigenvalue weighted by Gasteiger charge is 2.21. The summed E-state index contributed by atoms with van der Waals surface area (Å²) in [4.78, 5) is 21.0. The molecule has 4 rings (SSSR count). The molecule has 0 saturated carbocycles. The maximum Gasteiger partial charge on any atom is 0.255 e. The zero-order valence-electron chi connectivity index (χ0n) is 14.8. The molecule has 0 saturated heterocycles. The lowest BCUT2D eigenvalue weighted by Crippen LogP contribution is -2.35. The summed E-state index contributed by atoms with van der Waals surface area (Å²) < 4.78 is 5.79. The van der Waals surface area contributed by atoms with Crippen LogP contribution < -0.4 is 15.8 Å². The number of carbonyl (C=O) groups is 1. The van der Waals surface area contributed by atoms with Gasteiger partial charge in [0.15, 0.2) is 0 Å². The molecular formula is C21H20N4O2. The van der Waals surface area contributed by atoms with Crippen molar-refractivity contribution in [3.8, 4) is 17.0 Å². The molecule has 136 valence electrons. The zero-order valence-corrected chi connectivity index (χ0v) is 14.8. The fourth-order valence-corrected chi connectivity index (χ4v) is 3.23. The number of amides is 1. The SMILES string of the molecule is Nc1ncc(C(=O)NC[C@@H]2COc3ccccc3C2)c(-c2ccccc2)n1. The van der Waals surface area contributed by atoms with Gasteiger partial charge in [0.2, 0.25) is 5.95 Å². The van der Waals surface area contributed by atoms with Crippen LogP contribution in [0.1, 0.15) is 15.9 Å². The number of rotatable bonds is 4. The normalized spacial score (nSPS) is 15.5. The standard InChI is InChI=1S/C21H20N4O2/c22-21-24-12-17(19(25-21)15-6-2-1-3-7-15)20(26)23-11-14-10-16-8-4-5-9-18(16)27-13-14/h1-9,12,14H,10-11,13H2,(H,23,26)(H2,22,24,25)/t14-/m1/s1. The fraction of sp³-hybridized carbons (Fsp3) is 0.190. The second-order valence-electron chi connectivity index (χ2n) is 6.56. The number of hydrogen-bond donors (Lipinski definition) is 2. The molecule has 1 aromatic heterocycles. The fourth-order valence-electron chi connectivity index (χ4n) is 3.23. The number of fused-ring (bicyclic) bond motifs is 1. The van der Waals surface area contributed by atoms with Gasteiger partial charge < -0.3 is 15.8 Å². The van der Waals surface area contributed by atoms with E-state index in [0.29, 0.717) is 24.4 Å². The van der Waals surface area contributed by atoms with Crippen molar-refractivity contribution in [3.63, 3.8) is 0 Å². The maximum atomic E-state index is 12.8. The monoisotopic (exact) mass is 360 g/mol. The lowest BCUT2D eigenvalue weighted by molar-refractivity contribution is 0.0939. The topological polar surface area (TPSA) is 90.1 Å². The minimum atomic E-state index is -0.215. The molecule has 6 nitrogen and oxygen atoms in total. The van der Waals surface area contributed by atoms with Crippen molar-refractivity contribution in [1.82, 2.24) is 15.3 Å². The first-order valence-corrected chi connectivity index (χ1v) is 8.87. The lowest BCUT2D eigenvalue weighted by Gasteiger charge is -2.25.